The molecule has 0 radical (unpaired) electrons. The number of hydrogen-bond donors (Lipinski definition) is 1. The van der Waals surface area contributed by atoms with Gasteiger partial charge < -0.3 is 0 Å². The molecule has 1 heterocycles. The molecule has 0 saturated carbocycles. The number of amides is 1. The highest BCUT2D eigenvalue weighted by molar-refractivity contribution is 7.21. The summed E-state index contributed by atoms with van der Waals surface area (Å²) in [6.07, 6.45) is -3.54. The van der Waals surface area contributed by atoms with Crippen LogP contribution in [0.2, 0.25) is 5.02 Å². The van der Waals surface area contributed by atoms with E-state index in [0.29, 0.717) is 5.02 Å². The number of thiophene rings is 1. The molecule has 0 fully saturated rings. The van der Waals surface area contributed by atoms with E-state index in [1.807, 2.05) is 12.1 Å². The smallest absolute Gasteiger partial charge is 0.266 e. The maximum atomic E-state index is 12.9. The van der Waals surface area contributed by atoms with E-state index in [1.54, 1.807) is 12.1 Å². The number of carbonyl (C=O) groups is 1. The molecule has 0 saturated heterocycles. The Hall–Kier alpha value is -2.38. The summed E-state index contributed by atoms with van der Waals surface area (Å²) in [4.78, 5) is 12.4. The molecular weight excluding hydrogens is 373 g/mol. The Balaban J connectivity index is 1.81. The van der Waals surface area contributed by atoms with Gasteiger partial charge in [-0.25, -0.2) is 5.43 Å². The molecule has 0 spiro atoms. The number of nitrogens with one attached hydrogen (secondary N) is 1. The zero-order valence-corrected chi connectivity index (χ0v) is 14.0. The standard InChI is InChI=1S/C17H10ClF3N2OS/c18-14-11-6-2-4-8-13(11)25-15(14)16(24)23-22-9-10-5-1-3-7-12(10)17(19,20)21/h1-9H,(H,23,24)/b22-9-. The van der Waals surface area contributed by atoms with Crippen LogP contribution in [0.1, 0.15) is 20.8 Å². The van der Waals surface area contributed by atoms with Gasteiger partial charge in [-0.05, 0) is 12.1 Å². The number of rotatable bonds is 3. The van der Waals surface area contributed by atoms with Crippen LogP contribution in [0.25, 0.3) is 10.1 Å². The van der Waals surface area contributed by atoms with Crippen molar-refractivity contribution >= 4 is 45.1 Å². The predicted octanol–water partition coefficient (Wildman–Crippen LogP) is 5.34. The Kier molecular flexibility index (Phi) is 4.78. The van der Waals surface area contributed by atoms with Gasteiger partial charge in [0.1, 0.15) is 4.88 Å². The second-order valence-corrected chi connectivity index (χ2v) is 6.46. The molecule has 1 N–H and O–H groups in total. The maximum Gasteiger partial charge on any atom is 0.417 e. The van der Waals surface area contributed by atoms with E-state index < -0.39 is 17.6 Å². The summed E-state index contributed by atoms with van der Waals surface area (Å²) in [5.74, 6) is -0.577. The quantitative estimate of drug-likeness (QED) is 0.482. The minimum Gasteiger partial charge on any atom is -0.266 e. The van der Waals surface area contributed by atoms with Gasteiger partial charge in [0.25, 0.3) is 5.91 Å². The second kappa shape index (κ2) is 6.85. The van der Waals surface area contributed by atoms with E-state index in [4.69, 9.17) is 11.6 Å². The van der Waals surface area contributed by atoms with Crippen LogP contribution in [0.3, 0.4) is 0 Å². The first-order valence-electron chi connectivity index (χ1n) is 7.04. The summed E-state index contributed by atoms with van der Waals surface area (Å²) in [5, 5.41) is 4.66. The number of halogens is 4. The average Bonchev–Trinajstić information content (AvgIpc) is 2.92. The molecule has 0 aliphatic heterocycles. The van der Waals surface area contributed by atoms with Crippen LogP contribution in [-0.4, -0.2) is 12.1 Å². The van der Waals surface area contributed by atoms with Crippen molar-refractivity contribution in [2.45, 2.75) is 6.18 Å². The van der Waals surface area contributed by atoms with Crippen molar-refractivity contribution in [1.29, 1.82) is 0 Å². The van der Waals surface area contributed by atoms with Crippen LogP contribution in [0, 0.1) is 0 Å². The van der Waals surface area contributed by atoms with Crippen LogP contribution in [0.4, 0.5) is 13.2 Å². The minimum atomic E-state index is -4.50. The maximum absolute atomic E-state index is 12.9. The Morgan fingerprint density at radius 1 is 1.12 bits per heavy atom. The lowest BCUT2D eigenvalue weighted by Gasteiger charge is -2.09. The number of nitrogens with zero attached hydrogens (tertiary/aromatic N) is 1. The number of carbonyl (C=O) groups excluding carboxylic acids is 1. The normalized spacial score (nSPS) is 12.0. The molecule has 0 aliphatic carbocycles. The molecular formula is C17H10ClF3N2OS. The highest BCUT2D eigenvalue weighted by Crippen LogP contribution is 2.35. The number of hydrogen-bond acceptors (Lipinski definition) is 3. The van der Waals surface area contributed by atoms with Gasteiger partial charge in [0.2, 0.25) is 0 Å². The van der Waals surface area contributed by atoms with Crippen LogP contribution >= 0.6 is 22.9 Å². The topological polar surface area (TPSA) is 41.5 Å². The molecule has 0 unspecified atom stereocenters. The molecule has 0 atom stereocenters. The Bertz CT molecular complexity index is 966. The molecule has 1 aromatic heterocycles. The first kappa shape index (κ1) is 17.4. The molecule has 2 aromatic carbocycles. The van der Waals surface area contributed by atoms with Crippen molar-refractivity contribution < 1.29 is 18.0 Å². The van der Waals surface area contributed by atoms with E-state index in [-0.39, 0.29) is 10.4 Å². The second-order valence-electron chi connectivity index (χ2n) is 5.03. The summed E-state index contributed by atoms with van der Waals surface area (Å²) in [6.45, 7) is 0. The highest BCUT2D eigenvalue weighted by atomic mass is 35.5. The van der Waals surface area contributed by atoms with Gasteiger partial charge in [0, 0.05) is 15.6 Å². The third-order valence-corrected chi connectivity index (χ3v) is 5.05. The van der Waals surface area contributed by atoms with Crippen molar-refractivity contribution in [3.05, 3.63) is 69.6 Å². The lowest BCUT2D eigenvalue weighted by molar-refractivity contribution is -0.137. The first-order valence-corrected chi connectivity index (χ1v) is 8.24. The molecule has 3 rings (SSSR count). The fraction of sp³-hybridized carbons (Fsp3) is 0.0588. The van der Waals surface area contributed by atoms with Gasteiger partial charge >= 0.3 is 6.18 Å². The van der Waals surface area contributed by atoms with Crippen molar-refractivity contribution in [2.75, 3.05) is 0 Å². The van der Waals surface area contributed by atoms with Crippen molar-refractivity contribution in [3.8, 4) is 0 Å². The van der Waals surface area contributed by atoms with Gasteiger partial charge in [-0.15, -0.1) is 11.3 Å². The molecule has 25 heavy (non-hydrogen) atoms. The van der Waals surface area contributed by atoms with E-state index in [1.165, 1.54) is 29.5 Å². The molecule has 3 aromatic rings. The first-order chi connectivity index (χ1) is 11.9. The molecule has 3 nitrogen and oxygen atoms in total. The monoisotopic (exact) mass is 382 g/mol. The lowest BCUT2D eigenvalue weighted by Crippen LogP contribution is -2.17. The van der Waals surface area contributed by atoms with E-state index >= 15 is 0 Å². The van der Waals surface area contributed by atoms with E-state index in [2.05, 4.69) is 10.5 Å². The number of benzene rings is 2. The SMILES string of the molecule is O=C(N/N=C\c1ccccc1C(F)(F)F)c1sc2ccccc2c1Cl. The zero-order chi connectivity index (χ0) is 18.0. The summed E-state index contributed by atoms with van der Waals surface area (Å²) in [5.41, 5.74) is 1.25. The molecule has 8 heteroatoms. The van der Waals surface area contributed by atoms with Gasteiger partial charge in [-0.1, -0.05) is 48.0 Å². The van der Waals surface area contributed by atoms with Crippen LogP contribution in [0.15, 0.2) is 53.6 Å². The van der Waals surface area contributed by atoms with Crippen molar-refractivity contribution in [2.24, 2.45) is 5.10 Å². The van der Waals surface area contributed by atoms with Gasteiger partial charge in [-0.2, -0.15) is 18.3 Å². The lowest BCUT2D eigenvalue weighted by atomic mass is 10.1. The van der Waals surface area contributed by atoms with Crippen LogP contribution in [0.5, 0.6) is 0 Å². The fourth-order valence-corrected chi connectivity index (χ4v) is 3.65. The zero-order valence-electron chi connectivity index (χ0n) is 12.5. The molecule has 1 amide bonds. The fourth-order valence-electron chi connectivity index (χ4n) is 2.24. The summed E-state index contributed by atoms with van der Waals surface area (Å²) < 4.78 is 39.6. The molecule has 0 bridgehead atoms. The third-order valence-electron chi connectivity index (χ3n) is 3.38. The van der Waals surface area contributed by atoms with E-state index in [9.17, 15) is 18.0 Å². The minimum absolute atomic E-state index is 0.141. The van der Waals surface area contributed by atoms with Crippen molar-refractivity contribution in [3.63, 3.8) is 0 Å². The summed E-state index contributed by atoms with van der Waals surface area (Å²) in [7, 11) is 0. The number of fused-ring (bicyclic) bond motifs is 1. The molecule has 128 valence electrons. The third kappa shape index (κ3) is 3.67. The van der Waals surface area contributed by atoms with Crippen molar-refractivity contribution in [1.82, 2.24) is 5.43 Å². The number of alkyl halides is 3. The Labute approximate surface area is 149 Å². The van der Waals surface area contributed by atoms with Gasteiger partial charge in [-0.3, -0.25) is 4.79 Å². The summed E-state index contributed by atoms with van der Waals surface area (Å²) >= 11 is 7.37. The predicted molar refractivity (Wildman–Crippen MR) is 93.3 cm³/mol. The molecule has 0 aliphatic rings. The largest absolute Gasteiger partial charge is 0.417 e. The van der Waals surface area contributed by atoms with Crippen LogP contribution < -0.4 is 5.43 Å². The summed E-state index contributed by atoms with van der Waals surface area (Å²) in [6, 6.07) is 12.2. The highest BCUT2D eigenvalue weighted by Gasteiger charge is 2.32. The van der Waals surface area contributed by atoms with Crippen LogP contribution in [-0.2, 0) is 6.18 Å². The van der Waals surface area contributed by atoms with Gasteiger partial charge in [0.15, 0.2) is 0 Å². The Morgan fingerprint density at radius 3 is 2.52 bits per heavy atom. The number of hydrazone groups is 1. The van der Waals surface area contributed by atoms with E-state index in [0.717, 1.165) is 22.4 Å². The Morgan fingerprint density at radius 2 is 1.80 bits per heavy atom. The average molecular weight is 383 g/mol. The van der Waals surface area contributed by atoms with Gasteiger partial charge in [0.05, 0.1) is 16.8 Å².